The highest BCUT2D eigenvalue weighted by atomic mass is 32.2. The second kappa shape index (κ2) is 6.31. The molecule has 8 heteroatoms. The van der Waals surface area contributed by atoms with E-state index in [1.165, 1.54) is 22.5 Å². The normalized spacial score (nSPS) is 19.0. The number of rotatable bonds is 4. The van der Waals surface area contributed by atoms with Crippen LogP contribution in [0.1, 0.15) is 25.3 Å². The van der Waals surface area contributed by atoms with Gasteiger partial charge in [0.05, 0.1) is 9.82 Å². The fourth-order valence-electron chi connectivity index (χ4n) is 2.82. The average Bonchev–Trinajstić information content (AvgIpc) is 2.46. The number of nitro benzene ring substituents is 1. The number of aryl methyl sites for hydroxylation is 1. The van der Waals surface area contributed by atoms with Crippen LogP contribution in [-0.2, 0) is 10.0 Å². The first-order valence-electron chi connectivity index (χ1n) is 7.24. The molecule has 0 aliphatic carbocycles. The summed E-state index contributed by atoms with van der Waals surface area (Å²) in [5.74, 6) is 0.337. The molecule has 1 fully saturated rings. The van der Waals surface area contributed by atoms with E-state index < -0.39 is 14.9 Å². The summed E-state index contributed by atoms with van der Waals surface area (Å²) in [6.07, 6.45) is 1.48. The van der Waals surface area contributed by atoms with Crippen LogP contribution in [0.2, 0.25) is 0 Å². The number of hydrogen-bond donors (Lipinski definition) is 1. The molecule has 0 saturated carbocycles. The Morgan fingerprint density at radius 3 is 2.41 bits per heavy atom. The van der Waals surface area contributed by atoms with Gasteiger partial charge in [0.25, 0.3) is 5.69 Å². The Kier molecular flexibility index (Phi) is 4.84. The largest absolute Gasteiger partial charge is 0.328 e. The Morgan fingerprint density at radius 2 is 1.95 bits per heavy atom. The van der Waals surface area contributed by atoms with E-state index in [1.807, 2.05) is 6.92 Å². The summed E-state index contributed by atoms with van der Waals surface area (Å²) in [7, 11) is -3.61. The molecule has 0 bridgehead atoms. The van der Waals surface area contributed by atoms with Crippen molar-refractivity contribution >= 4 is 15.7 Å². The van der Waals surface area contributed by atoms with Crippen LogP contribution in [-0.4, -0.2) is 36.8 Å². The van der Waals surface area contributed by atoms with Gasteiger partial charge in [0.1, 0.15) is 0 Å². The lowest BCUT2D eigenvalue weighted by atomic mass is 9.92. The van der Waals surface area contributed by atoms with E-state index in [1.54, 1.807) is 6.92 Å². The third kappa shape index (κ3) is 3.29. The van der Waals surface area contributed by atoms with E-state index in [2.05, 4.69) is 0 Å². The molecular formula is C14H21N3O4S. The van der Waals surface area contributed by atoms with Gasteiger partial charge in [-0.1, -0.05) is 0 Å². The van der Waals surface area contributed by atoms with Crippen molar-refractivity contribution in [3.05, 3.63) is 33.9 Å². The summed E-state index contributed by atoms with van der Waals surface area (Å²) in [6, 6.07) is 3.90. The number of sulfonamides is 1. The zero-order valence-corrected chi connectivity index (χ0v) is 13.5. The summed E-state index contributed by atoms with van der Waals surface area (Å²) in [4.78, 5) is 10.4. The van der Waals surface area contributed by atoms with Crippen LogP contribution in [0.25, 0.3) is 0 Å². The fourth-order valence-corrected chi connectivity index (χ4v) is 4.49. The Labute approximate surface area is 130 Å². The molecule has 1 heterocycles. The molecule has 0 amide bonds. The van der Waals surface area contributed by atoms with Crippen molar-refractivity contribution in [1.29, 1.82) is 0 Å². The van der Waals surface area contributed by atoms with Crippen LogP contribution in [0, 0.1) is 23.0 Å². The summed E-state index contributed by atoms with van der Waals surface area (Å²) in [5.41, 5.74) is 6.16. The molecule has 0 spiro atoms. The molecule has 7 nitrogen and oxygen atoms in total. The third-order valence-corrected chi connectivity index (χ3v) is 6.29. The van der Waals surface area contributed by atoms with Crippen LogP contribution in [0.3, 0.4) is 0 Å². The summed E-state index contributed by atoms with van der Waals surface area (Å²) >= 11 is 0. The number of nitrogens with zero attached hydrogens (tertiary/aromatic N) is 2. The first kappa shape index (κ1) is 16.9. The number of hydrogen-bond acceptors (Lipinski definition) is 5. The molecule has 1 aliphatic rings. The molecule has 1 aliphatic heterocycles. The molecule has 0 radical (unpaired) electrons. The summed E-state index contributed by atoms with van der Waals surface area (Å²) in [6.45, 7) is 4.39. The molecule has 1 unspecified atom stereocenters. The number of piperidine rings is 1. The van der Waals surface area contributed by atoms with Crippen LogP contribution >= 0.6 is 0 Å². The summed E-state index contributed by atoms with van der Waals surface area (Å²) in [5, 5.41) is 10.7. The molecule has 2 rings (SSSR count). The van der Waals surface area contributed by atoms with Gasteiger partial charge in [-0.05, 0) is 44.2 Å². The fraction of sp³-hybridized carbons (Fsp3) is 0.571. The maximum Gasteiger partial charge on any atom is 0.269 e. The van der Waals surface area contributed by atoms with Crippen molar-refractivity contribution in [2.75, 3.05) is 13.1 Å². The average molecular weight is 327 g/mol. The van der Waals surface area contributed by atoms with Crippen molar-refractivity contribution in [2.24, 2.45) is 11.7 Å². The highest BCUT2D eigenvalue weighted by molar-refractivity contribution is 7.89. The predicted octanol–water partition coefficient (Wildman–Crippen LogP) is 1.65. The zero-order valence-electron chi connectivity index (χ0n) is 12.7. The van der Waals surface area contributed by atoms with Crippen LogP contribution < -0.4 is 5.73 Å². The Balaban J connectivity index is 2.23. The van der Waals surface area contributed by atoms with Gasteiger partial charge in [-0.2, -0.15) is 4.31 Å². The molecule has 2 N–H and O–H groups in total. The first-order chi connectivity index (χ1) is 10.2. The third-order valence-electron chi connectivity index (χ3n) is 4.23. The van der Waals surface area contributed by atoms with Gasteiger partial charge in [-0.3, -0.25) is 10.1 Å². The highest BCUT2D eigenvalue weighted by Gasteiger charge is 2.31. The first-order valence-corrected chi connectivity index (χ1v) is 8.68. The molecule has 122 valence electrons. The molecule has 0 aromatic heterocycles. The SMILES string of the molecule is Cc1cc([N+](=O)[O-])ccc1S(=O)(=O)N1CCC(C(C)N)CC1. The smallest absolute Gasteiger partial charge is 0.269 e. The lowest BCUT2D eigenvalue weighted by Gasteiger charge is -2.33. The standard InChI is InChI=1S/C14H21N3O4S/c1-10-9-13(17(18)19)3-4-14(10)22(20,21)16-7-5-12(6-8-16)11(2)15/h3-4,9,11-12H,5-8,15H2,1-2H3. The van der Waals surface area contributed by atoms with Gasteiger partial charge in [0.15, 0.2) is 0 Å². The lowest BCUT2D eigenvalue weighted by molar-refractivity contribution is -0.385. The summed E-state index contributed by atoms with van der Waals surface area (Å²) < 4.78 is 26.8. The van der Waals surface area contributed by atoms with Crippen molar-refractivity contribution < 1.29 is 13.3 Å². The second-order valence-corrected chi connectivity index (χ2v) is 7.71. The molecular weight excluding hydrogens is 306 g/mol. The van der Waals surface area contributed by atoms with E-state index in [-0.39, 0.29) is 16.6 Å². The van der Waals surface area contributed by atoms with E-state index in [9.17, 15) is 18.5 Å². The van der Waals surface area contributed by atoms with Crippen LogP contribution in [0.15, 0.2) is 23.1 Å². The van der Waals surface area contributed by atoms with E-state index in [0.717, 1.165) is 12.8 Å². The Hall–Kier alpha value is -1.51. The molecule has 1 atom stereocenters. The van der Waals surface area contributed by atoms with Gasteiger partial charge >= 0.3 is 0 Å². The van der Waals surface area contributed by atoms with Crippen molar-refractivity contribution in [2.45, 2.75) is 37.6 Å². The molecule has 1 aromatic rings. The Morgan fingerprint density at radius 1 is 1.36 bits per heavy atom. The molecule has 22 heavy (non-hydrogen) atoms. The number of non-ortho nitro benzene ring substituents is 1. The van der Waals surface area contributed by atoms with Gasteiger partial charge in [0, 0.05) is 31.3 Å². The van der Waals surface area contributed by atoms with Crippen molar-refractivity contribution in [1.82, 2.24) is 4.31 Å². The number of nitrogens with two attached hydrogens (primary N) is 1. The minimum atomic E-state index is -3.61. The molecule has 1 saturated heterocycles. The quantitative estimate of drug-likeness (QED) is 0.668. The van der Waals surface area contributed by atoms with Gasteiger partial charge in [-0.15, -0.1) is 0 Å². The van der Waals surface area contributed by atoms with Crippen molar-refractivity contribution in [3.8, 4) is 0 Å². The highest BCUT2D eigenvalue weighted by Crippen LogP contribution is 2.28. The minimum absolute atomic E-state index is 0.0611. The topological polar surface area (TPSA) is 107 Å². The van der Waals surface area contributed by atoms with Gasteiger partial charge < -0.3 is 5.73 Å². The van der Waals surface area contributed by atoms with E-state index in [0.29, 0.717) is 24.6 Å². The van der Waals surface area contributed by atoms with Gasteiger partial charge in [-0.25, -0.2) is 8.42 Å². The maximum atomic E-state index is 12.7. The van der Waals surface area contributed by atoms with Crippen LogP contribution in [0.5, 0.6) is 0 Å². The molecule has 1 aromatic carbocycles. The predicted molar refractivity (Wildman–Crippen MR) is 83.0 cm³/mol. The van der Waals surface area contributed by atoms with E-state index in [4.69, 9.17) is 5.73 Å². The minimum Gasteiger partial charge on any atom is -0.328 e. The van der Waals surface area contributed by atoms with E-state index >= 15 is 0 Å². The van der Waals surface area contributed by atoms with Crippen molar-refractivity contribution in [3.63, 3.8) is 0 Å². The maximum absolute atomic E-state index is 12.7. The lowest BCUT2D eigenvalue weighted by Crippen LogP contribution is -2.42. The Bertz CT molecular complexity index is 665. The van der Waals surface area contributed by atoms with Crippen LogP contribution in [0.4, 0.5) is 5.69 Å². The monoisotopic (exact) mass is 327 g/mol. The number of benzene rings is 1. The zero-order chi connectivity index (χ0) is 16.5. The van der Waals surface area contributed by atoms with Gasteiger partial charge in [0.2, 0.25) is 10.0 Å². The second-order valence-electron chi connectivity index (χ2n) is 5.81. The number of nitro groups is 1.